The number of rotatable bonds is 6. The molecular weight excluding hydrogens is 266 g/mol. The number of carbonyl (C=O) groups excluding carboxylic acids is 1. The van der Waals surface area contributed by atoms with E-state index in [1.165, 1.54) is 0 Å². The largest absolute Gasteiger partial charge is 0.393 e. The van der Waals surface area contributed by atoms with Gasteiger partial charge in [-0.15, -0.1) is 0 Å². The highest BCUT2D eigenvalue weighted by Gasteiger charge is 2.30. The standard InChI is InChI=1S/C17H25NO3/c1-12(19)10-15(14-6-4-3-5-7-14)11-18-17(20)16-8-9-21-13(16)2/h3-7,12-13,15-16,19H,8-11H2,1-2H3,(H,18,20). The number of nitrogens with one attached hydrogen (secondary N) is 1. The molecule has 4 unspecified atom stereocenters. The normalized spacial score (nSPS) is 24.5. The van der Waals surface area contributed by atoms with Gasteiger partial charge in [0.15, 0.2) is 0 Å². The Balaban J connectivity index is 1.94. The van der Waals surface area contributed by atoms with Crippen molar-refractivity contribution in [1.82, 2.24) is 5.32 Å². The number of carbonyl (C=O) groups is 1. The molecule has 0 saturated carbocycles. The summed E-state index contributed by atoms with van der Waals surface area (Å²) in [5.74, 6) is 0.146. The van der Waals surface area contributed by atoms with Crippen molar-refractivity contribution in [2.24, 2.45) is 5.92 Å². The summed E-state index contributed by atoms with van der Waals surface area (Å²) in [5, 5.41) is 12.7. The maximum Gasteiger partial charge on any atom is 0.225 e. The van der Waals surface area contributed by atoms with Crippen molar-refractivity contribution < 1.29 is 14.6 Å². The molecule has 4 atom stereocenters. The highest BCUT2D eigenvalue weighted by Crippen LogP contribution is 2.23. The van der Waals surface area contributed by atoms with Crippen LogP contribution in [0.15, 0.2) is 30.3 Å². The third-order valence-corrected chi connectivity index (χ3v) is 4.13. The first-order valence-electron chi connectivity index (χ1n) is 7.70. The van der Waals surface area contributed by atoms with Gasteiger partial charge in [0.05, 0.1) is 18.1 Å². The van der Waals surface area contributed by atoms with Crippen LogP contribution in [0.1, 0.15) is 38.2 Å². The molecule has 4 nitrogen and oxygen atoms in total. The first kappa shape index (κ1) is 16.0. The van der Waals surface area contributed by atoms with Gasteiger partial charge < -0.3 is 15.2 Å². The predicted octanol–water partition coefficient (Wildman–Crippen LogP) is 2.08. The molecule has 0 radical (unpaired) electrons. The van der Waals surface area contributed by atoms with Crippen LogP contribution in [0.25, 0.3) is 0 Å². The first-order chi connectivity index (χ1) is 10.1. The van der Waals surface area contributed by atoms with Crippen LogP contribution >= 0.6 is 0 Å². The Labute approximate surface area is 126 Å². The van der Waals surface area contributed by atoms with Gasteiger partial charge in [-0.05, 0) is 32.3 Å². The second kappa shape index (κ2) is 7.57. The monoisotopic (exact) mass is 291 g/mol. The molecule has 2 rings (SSSR count). The van der Waals surface area contributed by atoms with Crippen molar-refractivity contribution in [3.63, 3.8) is 0 Å². The molecule has 0 aliphatic carbocycles. The average molecular weight is 291 g/mol. The topological polar surface area (TPSA) is 58.6 Å². The van der Waals surface area contributed by atoms with Gasteiger partial charge in [-0.1, -0.05) is 30.3 Å². The van der Waals surface area contributed by atoms with Crippen molar-refractivity contribution >= 4 is 5.91 Å². The van der Waals surface area contributed by atoms with Gasteiger partial charge >= 0.3 is 0 Å². The number of benzene rings is 1. The summed E-state index contributed by atoms with van der Waals surface area (Å²) in [6.07, 6.45) is 1.04. The van der Waals surface area contributed by atoms with E-state index < -0.39 is 0 Å². The van der Waals surface area contributed by atoms with Crippen LogP contribution < -0.4 is 5.32 Å². The second-order valence-corrected chi connectivity index (χ2v) is 5.91. The zero-order valence-corrected chi connectivity index (χ0v) is 12.8. The number of aliphatic hydroxyl groups is 1. The molecule has 1 aliphatic heterocycles. The van der Waals surface area contributed by atoms with Crippen LogP contribution in [0.5, 0.6) is 0 Å². The average Bonchev–Trinajstić information content (AvgIpc) is 2.90. The van der Waals surface area contributed by atoms with Gasteiger partial charge in [-0.3, -0.25) is 4.79 Å². The van der Waals surface area contributed by atoms with E-state index in [0.29, 0.717) is 19.6 Å². The Morgan fingerprint density at radius 3 is 2.71 bits per heavy atom. The van der Waals surface area contributed by atoms with Crippen LogP contribution in [0.2, 0.25) is 0 Å². The molecule has 1 aromatic rings. The minimum Gasteiger partial charge on any atom is -0.393 e. The number of amides is 1. The minimum atomic E-state index is -0.388. The molecule has 1 aromatic carbocycles. The molecule has 0 bridgehead atoms. The van der Waals surface area contributed by atoms with Gasteiger partial charge in [-0.25, -0.2) is 0 Å². The van der Waals surface area contributed by atoms with Gasteiger partial charge in [0.25, 0.3) is 0 Å². The highest BCUT2D eigenvalue weighted by molar-refractivity contribution is 5.79. The van der Waals surface area contributed by atoms with Crippen molar-refractivity contribution in [3.8, 4) is 0 Å². The lowest BCUT2D eigenvalue weighted by atomic mass is 9.93. The molecule has 0 aromatic heterocycles. The fourth-order valence-corrected chi connectivity index (χ4v) is 2.91. The number of aliphatic hydroxyl groups excluding tert-OH is 1. The summed E-state index contributed by atoms with van der Waals surface area (Å²) in [7, 11) is 0. The van der Waals surface area contributed by atoms with E-state index in [1.54, 1.807) is 6.92 Å². The molecule has 116 valence electrons. The minimum absolute atomic E-state index is 0.00283. The summed E-state index contributed by atoms with van der Waals surface area (Å²) in [6, 6.07) is 10.0. The SMILES string of the molecule is CC(O)CC(CNC(=O)C1CCOC1C)c1ccccc1. The fourth-order valence-electron chi connectivity index (χ4n) is 2.91. The number of ether oxygens (including phenoxy) is 1. The van der Waals surface area contributed by atoms with Crippen molar-refractivity contribution in [2.75, 3.05) is 13.2 Å². The Hall–Kier alpha value is -1.39. The van der Waals surface area contributed by atoms with E-state index >= 15 is 0 Å². The van der Waals surface area contributed by atoms with Crippen molar-refractivity contribution in [1.29, 1.82) is 0 Å². The lowest BCUT2D eigenvalue weighted by Crippen LogP contribution is -2.37. The molecule has 1 fully saturated rings. The molecule has 1 aliphatic rings. The van der Waals surface area contributed by atoms with Crippen molar-refractivity contribution in [2.45, 2.75) is 44.8 Å². The lowest BCUT2D eigenvalue weighted by Gasteiger charge is -2.21. The zero-order chi connectivity index (χ0) is 15.2. The van der Waals surface area contributed by atoms with Gasteiger partial charge in [-0.2, -0.15) is 0 Å². The van der Waals surface area contributed by atoms with Crippen LogP contribution in [-0.2, 0) is 9.53 Å². The molecule has 21 heavy (non-hydrogen) atoms. The Morgan fingerprint density at radius 1 is 1.43 bits per heavy atom. The third-order valence-electron chi connectivity index (χ3n) is 4.13. The maximum absolute atomic E-state index is 12.2. The van der Waals surface area contributed by atoms with E-state index in [1.807, 2.05) is 37.3 Å². The molecule has 2 N–H and O–H groups in total. The molecule has 1 amide bonds. The van der Waals surface area contributed by atoms with Gasteiger partial charge in [0, 0.05) is 19.1 Å². The Kier molecular flexibility index (Phi) is 5.76. The van der Waals surface area contributed by atoms with Crippen molar-refractivity contribution in [3.05, 3.63) is 35.9 Å². The predicted molar refractivity (Wildman–Crippen MR) is 82.0 cm³/mol. The Morgan fingerprint density at radius 2 is 2.14 bits per heavy atom. The molecule has 0 spiro atoms. The maximum atomic E-state index is 12.2. The lowest BCUT2D eigenvalue weighted by molar-refractivity contribution is -0.126. The molecular formula is C17H25NO3. The second-order valence-electron chi connectivity index (χ2n) is 5.91. The van der Waals surface area contributed by atoms with E-state index in [0.717, 1.165) is 12.0 Å². The first-order valence-corrected chi connectivity index (χ1v) is 7.70. The summed E-state index contributed by atoms with van der Waals surface area (Å²) in [6.45, 7) is 4.94. The smallest absolute Gasteiger partial charge is 0.225 e. The van der Waals surface area contributed by atoms with Crippen LogP contribution in [-0.4, -0.2) is 36.4 Å². The molecule has 1 heterocycles. The van der Waals surface area contributed by atoms with E-state index in [-0.39, 0.29) is 30.0 Å². The summed E-state index contributed by atoms with van der Waals surface area (Å²) in [4.78, 5) is 12.2. The summed E-state index contributed by atoms with van der Waals surface area (Å²) in [5.41, 5.74) is 1.15. The number of hydrogen-bond acceptors (Lipinski definition) is 3. The molecule has 1 saturated heterocycles. The third kappa shape index (κ3) is 4.55. The number of hydrogen-bond donors (Lipinski definition) is 2. The zero-order valence-electron chi connectivity index (χ0n) is 12.8. The van der Waals surface area contributed by atoms with Gasteiger partial charge in [0.2, 0.25) is 5.91 Å². The van der Waals surface area contributed by atoms with Crippen LogP contribution in [0.4, 0.5) is 0 Å². The van der Waals surface area contributed by atoms with Crippen LogP contribution in [0, 0.1) is 5.92 Å². The highest BCUT2D eigenvalue weighted by atomic mass is 16.5. The van der Waals surface area contributed by atoms with E-state index in [2.05, 4.69) is 5.32 Å². The van der Waals surface area contributed by atoms with Gasteiger partial charge in [0.1, 0.15) is 0 Å². The summed E-state index contributed by atoms with van der Waals surface area (Å²) >= 11 is 0. The van der Waals surface area contributed by atoms with E-state index in [9.17, 15) is 9.90 Å². The quantitative estimate of drug-likeness (QED) is 0.843. The van der Waals surface area contributed by atoms with Crippen LogP contribution in [0.3, 0.4) is 0 Å². The van der Waals surface area contributed by atoms with E-state index in [4.69, 9.17) is 4.74 Å². The molecule has 4 heteroatoms. The Bertz CT molecular complexity index is 447. The summed E-state index contributed by atoms with van der Waals surface area (Å²) < 4.78 is 5.44. The fraction of sp³-hybridized carbons (Fsp3) is 0.588.